The SMILES string of the molecule is CN=C(NCc1ccn[nH]1)NC1CCN(Cc2ccccc2)C(C)C1. The summed E-state index contributed by atoms with van der Waals surface area (Å²) in [5.74, 6) is 0.850. The number of benzene rings is 1. The second-order valence-corrected chi connectivity index (χ2v) is 6.68. The lowest BCUT2D eigenvalue weighted by Gasteiger charge is -2.38. The van der Waals surface area contributed by atoms with E-state index >= 15 is 0 Å². The van der Waals surface area contributed by atoms with Gasteiger partial charge in [0.2, 0.25) is 0 Å². The molecule has 1 fully saturated rings. The molecule has 25 heavy (non-hydrogen) atoms. The van der Waals surface area contributed by atoms with Gasteiger partial charge in [-0.25, -0.2) is 0 Å². The predicted molar refractivity (Wildman–Crippen MR) is 101 cm³/mol. The van der Waals surface area contributed by atoms with Gasteiger partial charge in [-0.05, 0) is 31.4 Å². The van der Waals surface area contributed by atoms with Crippen LogP contribution in [0.5, 0.6) is 0 Å². The van der Waals surface area contributed by atoms with Crippen LogP contribution in [0, 0.1) is 0 Å². The lowest BCUT2D eigenvalue weighted by molar-refractivity contribution is 0.134. The Hall–Kier alpha value is -2.34. The fourth-order valence-corrected chi connectivity index (χ4v) is 3.35. The molecule has 1 saturated heterocycles. The number of aromatic nitrogens is 2. The van der Waals surface area contributed by atoms with Crippen LogP contribution in [-0.4, -0.2) is 46.7 Å². The fraction of sp³-hybridized carbons (Fsp3) is 0.474. The van der Waals surface area contributed by atoms with Gasteiger partial charge >= 0.3 is 0 Å². The summed E-state index contributed by atoms with van der Waals surface area (Å²) in [5, 5.41) is 13.8. The molecule has 0 bridgehead atoms. The third kappa shape index (κ3) is 5.06. The summed E-state index contributed by atoms with van der Waals surface area (Å²) in [5.41, 5.74) is 2.44. The van der Waals surface area contributed by atoms with Gasteiger partial charge in [-0.15, -0.1) is 0 Å². The highest BCUT2D eigenvalue weighted by molar-refractivity contribution is 5.79. The lowest BCUT2D eigenvalue weighted by atomic mass is 9.97. The van der Waals surface area contributed by atoms with E-state index in [2.05, 4.69) is 68.0 Å². The molecule has 1 aliphatic rings. The Labute approximate surface area is 149 Å². The van der Waals surface area contributed by atoms with Crippen LogP contribution in [0.25, 0.3) is 0 Å². The van der Waals surface area contributed by atoms with E-state index in [1.54, 1.807) is 6.20 Å². The molecule has 0 saturated carbocycles. The third-order valence-corrected chi connectivity index (χ3v) is 4.81. The first-order valence-electron chi connectivity index (χ1n) is 8.98. The highest BCUT2D eigenvalue weighted by Crippen LogP contribution is 2.19. The molecule has 1 aliphatic heterocycles. The molecule has 0 radical (unpaired) electrons. The highest BCUT2D eigenvalue weighted by atomic mass is 15.2. The number of nitrogens with one attached hydrogen (secondary N) is 3. The fourth-order valence-electron chi connectivity index (χ4n) is 3.35. The number of nitrogens with zero attached hydrogens (tertiary/aromatic N) is 3. The molecule has 2 unspecified atom stereocenters. The molecule has 1 aromatic carbocycles. The average Bonchev–Trinajstić information content (AvgIpc) is 3.15. The van der Waals surface area contributed by atoms with Crippen molar-refractivity contribution in [2.24, 2.45) is 4.99 Å². The molecule has 0 spiro atoms. The van der Waals surface area contributed by atoms with Gasteiger partial charge in [-0.2, -0.15) is 5.10 Å². The van der Waals surface area contributed by atoms with E-state index in [0.29, 0.717) is 18.6 Å². The molecule has 0 amide bonds. The molecular formula is C19H28N6. The number of likely N-dealkylation sites (tertiary alicyclic amines) is 1. The predicted octanol–water partition coefficient (Wildman–Crippen LogP) is 2.13. The first kappa shape index (κ1) is 17.5. The quantitative estimate of drug-likeness (QED) is 0.576. The van der Waals surface area contributed by atoms with Gasteiger partial charge in [0.15, 0.2) is 5.96 Å². The Balaban J connectivity index is 1.46. The number of aliphatic imine (C=N–C) groups is 1. The van der Waals surface area contributed by atoms with Gasteiger partial charge in [0.25, 0.3) is 0 Å². The Morgan fingerprint density at radius 2 is 2.16 bits per heavy atom. The molecule has 3 N–H and O–H groups in total. The van der Waals surface area contributed by atoms with Crippen LogP contribution < -0.4 is 10.6 Å². The molecule has 2 atom stereocenters. The van der Waals surface area contributed by atoms with Crippen LogP contribution in [0.3, 0.4) is 0 Å². The maximum absolute atomic E-state index is 4.34. The standard InChI is InChI=1S/C19H28N6/c1-15-12-17(9-11-25(15)14-16-6-4-3-5-7-16)23-19(20-2)21-13-18-8-10-22-24-18/h3-8,10,15,17H,9,11-14H2,1-2H3,(H,22,24)(H2,20,21,23). The van der Waals surface area contributed by atoms with E-state index in [1.807, 2.05) is 13.1 Å². The molecule has 0 aliphatic carbocycles. The van der Waals surface area contributed by atoms with Crippen molar-refractivity contribution in [2.45, 2.75) is 44.9 Å². The largest absolute Gasteiger partial charge is 0.354 e. The summed E-state index contributed by atoms with van der Waals surface area (Å²) < 4.78 is 0. The zero-order valence-electron chi connectivity index (χ0n) is 15.1. The number of hydrogen-bond acceptors (Lipinski definition) is 3. The maximum atomic E-state index is 4.34. The molecular weight excluding hydrogens is 312 g/mol. The van der Waals surface area contributed by atoms with Crippen molar-refractivity contribution in [3.05, 3.63) is 53.9 Å². The number of piperidine rings is 1. The van der Waals surface area contributed by atoms with Crippen LogP contribution in [-0.2, 0) is 13.1 Å². The first-order valence-corrected chi connectivity index (χ1v) is 8.98. The van der Waals surface area contributed by atoms with Gasteiger partial charge in [-0.3, -0.25) is 15.0 Å². The van der Waals surface area contributed by atoms with Gasteiger partial charge in [0.1, 0.15) is 0 Å². The third-order valence-electron chi connectivity index (χ3n) is 4.81. The zero-order valence-corrected chi connectivity index (χ0v) is 15.1. The number of guanidine groups is 1. The van der Waals surface area contributed by atoms with Crippen LogP contribution in [0.15, 0.2) is 47.6 Å². The van der Waals surface area contributed by atoms with E-state index in [0.717, 1.165) is 37.6 Å². The Kier molecular flexibility index (Phi) is 6.06. The van der Waals surface area contributed by atoms with Crippen LogP contribution in [0.2, 0.25) is 0 Å². The second kappa shape index (κ2) is 8.67. The van der Waals surface area contributed by atoms with E-state index in [-0.39, 0.29) is 0 Å². The Bertz CT molecular complexity index is 652. The summed E-state index contributed by atoms with van der Waals surface area (Å²) in [6, 6.07) is 13.7. The molecule has 2 heterocycles. The van der Waals surface area contributed by atoms with Crippen LogP contribution in [0.1, 0.15) is 31.0 Å². The maximum Gasteiger partial charge on any atom is 0.191 e. The number of aromatic amines is 1. The highest BCUT2D eigenvalue weighted by Gasteiger charge is 2.25. The summed E-state index contributed by atoms with van der Waals surface area (Å²) in [6.45, 7) is 5.15. The molecule has 134 valence electrons. The van der Waals surface area contributed by atoms with E-state index in [9.17, 15) is 0 Å². The molecule has 1 aromatic heterocycles. The minimum absolute atomic E-state index is 0.454. The lowest BCUT2D eigenvalue weighted by Crippen LogP contribution is -2.51. The Morgan fingerprint density at radius 1 is 1.32 bits per heavy atom. The molecule has 6 nitrogen and oxygen atoms in total. The second-order valence-electron chi connectivity index (χ2n) is 6.68. The molecule has 3 rings (SSSR count). The van der Waals surface area contributed by atoms with Crippen molar-refractivity contribution in [3.63, 3.8) is 0 Å². The minimum Gasteiger partial charge on any atom is -0.354 e. The number of H-pyrrole nitrogens is 1. The minimum atomic E-state index is 0.454. The van der Waals surface area contributed by atoms with E-state index in [1.165, 1.54) is 5.56 Å². The van der Waals surface area contributed by atoms with Crippen molar-refractivity contribution in [1.82, 2.24) is 25.7 Å². The topological polar surface area (TPSA) is 68.3 Å². The molecule has 2 aromatic rings. The van der Waals surface area contributed by atoms with Gasteiger partial charge in [0.05, 0.1) is 12.2 Å². The summed E-state index contributed by atoms with van der Waals surface area (Å²) in [7, 11) is 1.82. The summed E-state index contributed by atoms with van der Waals surface area (Å²) in [4.78, 5) is 6.90. The van der Waals surface area contributed by atoms with E-state index in [4.69, 9.17) is 0 Å². The summed E-state index contributed by atoms with van der Waals surface area (Å²) >= 11 is 0. The number of rotatable bonds is 5. The van der Waals surface area contributed by atoms with Crippen molar-refractivity contribution < 1.29 is 0 Å². The van der Waals surface area contributed by atoms with E-state index < -0.39 is 0 Å². The monoisotopic (exact) mass is 340 g/mol. The normalized spacial score (nSPS) is 21.9. The van der Waals surface area contributed by atoms with Crippen molar-refractivity contribution in [3.8, 4) is 0 Å². The number of hydrogen-bond donors (Lipinski definition) is 3. The smallest absolute Gasteiger partial charge is 0.191 e. The first-order chi connectivity index (χ1) is 12.2. The molecule has 6 heteroatoms. The van der Waals surface area contributed by atoms with Gasteiger partial charge in [-0.1, -0.05) is 30.3 Å². The van der Waals surface area contributed by atoms with Gasteiger partial charge in [0, 0.05) is 38.4 Å². The van der Waals surface area contributed by atoms with Crippen molar-refractivity contribution in [1.29, 1.82) is 0 Å². The average molecular weight is 340 g/mol. The van der Waals surface area contributed by atoms with Crippen LogP contribution in [0.4, 0.5) is 0 Å². The Morgan fingerprint density at radius 3 is 2.84 bits per heavy atom. The van der Waals surface area contributed by atoms with Gasteiger partial charge < -0.3 is 10.6 Å². The summed E-state index contributed by atoms with van der Waals surface area (Å²) in [6.07, 6.45) is 4.01. The van der Waals surface area contributed by atoms with Crippen molar-refractivity contribution >= 4 is 5.96 Å². The zero-order chi connectivity index (χ0) is 17.5. The van der Waals surface area contributed by atoms with Crippen molar-refractivity contribution in [2.75, 3.05) is 13.6 Å². The van der Waals surface area contributed by atoms with Crippen LogP contribution >= 0.6 is 0 Å².